The summed E-state index contributed by atoms with van der Waals surface area (Å²) in [6.45, 7) is 3.19. The highest BCUT2D eigenvalue weighted by atomic mass is 19.1. The Kier molecular flexibility index (Phi) is 7.22. The molecule has 3 rings (SSSR count). The van der Waals surface area contributed by atoms with Crippen LogP contribution in [0.3, 0.4) is 0 Å². The van der Waals surface area contributed by atoms with Crippen molar-refractivity contribution < 1.29 is 23.8 Å². The van der Waals surface area contributed by atoms with Gasteiger partial charge in [-0.15, -0.1) is 0 Å². The van der Waals surface area contributed by atoms with Crippen LogP contribution in [0.5, 0.6) is 11.5 Å². The summed E-state index contributed by atoms with van der Waals surface area (Å²) in [4.78, 5) is 16.1. The van der Waals surface area contributed by atoms with Crippen molar-refractivity contribution in [2.75, 3.05) is 45.9 Å². The predicted molar refractivity (Wildman–Crippen MR) is 103 cm³/mol. The van der Waals surface area contributed by atoms with Gasteiger partial charge in [0.15, 0.2) is 6.61 Å². The molecule has 1 atom stereocenters. The van der Waals surface area contributed by atoms with Gasteiger partial charge < -0.3 is 19.5 Å². The Labute approximate surface area is 164 Å². The van der Waals surface area contributed by atoms with E-state index in [2.05, 4.69) is 4.90 Å². The third-order valence-corrected chi connectivity index (χ3v) is 4.56. The van der Waals surface area contributed by atoms with E-state index < -0.39 is 6.10 Å². The van der Waals surface area contributed by atoms with Gasteiger partial charge in [-0.2, -0.15) is 0 Å². The second-order valence-electron chi connectivity index (χ2n) is 6.70. The maximum absolute atomic E-state index is 12.9. The number of nitrogens with zero attached hydrogens (tertiary/aromatic N) is 2. The Bertz CT molecular complexity index is 734. The molecule has 1 amide bonds. The molecule has 28 heavy (non-hydrogen) atoms. The number of hydrogen-bond acceptors (Lipinski definition) is 5. The first-order valence-electron chi connectivity index (χ1n) is 9.34. The fraction of sp³-hybridized carbons (Fsp3) is 0.381. The summed E-state index contributed by atoms with van der Waals surface area (Å²) in [5.41, 5.74) is 0. The largest absolute Gasteiger partial charge is 0.491 e. The van der Waals surface area contributed by atoms with Crippen LogP contribution in [0.1, 0.15) is 0 Å². The Morgan fingerprint density at radius 1 is 0.964 bits per heavy atom. The number of rotatable bonds is 8. The van der Waals surface area contributed by atoms with Crippen LogP contribution in [-0.4, -0.2) is 72.9 Å². The van der Waals surface area contributed by atoms with E-state index >= 15 is 0 Å². The van der Waals surface area contributed by atoms with Crippen LogP contribution in [0.15, 0.2) is 54.6 Å². The van der Waals surface area contributed by atoms with Gasteiger partial charge in [0.2, 0.25) is 0 Å². The topological polar surface area (TPSA) is 62.2 Å². The third kappa shape index (κ3) is 6.21. The molecule has 1 N–H and O–H groups in total. The molecule has 0 saturated carbocycles. The molecule has 1 aliphatic rings. The summed E-state index contributed by atoms with van der Waals surface area (Å²) in [6, 6.07) is 15.0. The zero-order chi connectivity index (χ0) is 19.8. The number of ether oxygens (including phenoxy) is 2. The van der Waals surface area contributed by atoms with Crippen molar-refractivity contribution >= 4 is 5.91 Å². The molecule has 1 unspecified atom stereocenters. The first-order chi connectivity index (χ1) is 13.6. The standard InChI is InChI=1S/C21H25FN2O4/c22-17-6-8-20(9-7-17)28-16-21(26)24-12-10-23(11-13-24)14-18(25)15-27-19-4-2-1-3-5-19/h1-9,18,25H,10-16H2. The van der Waals surface area contributed by atoms with Gasteiger partial charge in [0.05, 0.1) is 0 Å². The molecule has 0 radical (unpaired) electrons. The Balaban J connectivity index is 1.34. The molecule has 1 aliphatic heterocycles. The van der Waals surface area contributed by atoms with E-state index in [0.29, 0.717) is 38.5 Å². The lowest BCUT2D eigenvalue weighted by Gasteiger charge is -2.35. The van der Waals surface area contributed by atoms with Crippen molar-refractivity contribution in [3.8, 4) is 11.5 Å². The van der Waals surface area contributed by atoms with Crippen molar-refractivity contribution in [1.29, 1.82) is 0 Å². The average Bonchev–Trinajstić information content (AvgIpc) is 2.73. The minimum absolute atomic E-state index is 0.0703. The van der Waals surface area contributed by atoms with Gasteiger partial charge in [-0.1, -0.05) is 18.2 Å². The maximum Gasteiger partial charge on any atom is 0.260 e. The Hall–Kier alpha value is -2.64. The van der Waals surface area contributed by atoms with Crippen LogP contribution >= 0.6 is 0 Å². The summed E-state index contributed by atoms with van der Waals surface area (Å²) < 4.78 is 23.9. The van der Waals surface area contributed by atoms with Crippen LogP contribution in [0.2, 0.25) is 0 Å². The van der Waals surface area contributed by atoms with Crippen molar-refractivity contribution in [1.82, 2.24) is 9.80 Å². The lowest BCUT2D eigenvalue weighted by molar-refractivity contribution is -0.135. The fourth-order valence-electron chi connectivity index (χ4n) is 3.01. The lowest BCUT2D eigenvalue weighted by atomic mass is 10.2. The second kappa shape index (κ2) is 10.1. The van der Waals surface area contributed by atoms with E-state index in [1.807, 2.05) is 30.3 Å². The van der Waals surface area contributed by atoms with Crippen LogP contribution in [0.4, 0.5) is 4.39 Å². The van der Waals surface area contributed by atoms with Crippen molar-refractivity contribution in [2.45, 2.75) is 6.10 Å². The molecule has 7 heteroatoms. The predicted octanol–water partition coefficient (Wildman–Crippen LogP) is 1.79. The van der Waals surface area contributed by atoms with E-state index in [4.69, 9.17) is 9.47 Å². The van der Waals surface area contributed by atoms with E-state index in [1.54, 1.807) is 4.90 Å². The van der Waals surface area contributed by atoms with E-state index in [9.17, 15) is 14.3 Å². The smallest absolute Gasteiger partial charge is 0.260 e. The zero-order valence-electron chi connectivity index (χ0n) is 15.7. The lowest BCUT2D eigenvalue weighted by Crippen LogP contribution is -2.51. The molecular weight excluding hydrogens is 363 g/mol. The van der Waals surface area contributed by atoms with Gasteiger partial charge in [-0.05, 0) is 36.4 Å². The number of benzene rings is 2. The summed E-state index contributed by atoms with van der Waals surface area (Å²) in [5, 5.41) is 10.2. The molecule has 0 spiro atoms. The second-order valence-corrected chi connectivity index (χ2v) is 6.70. The van der Waals surface area contributed by atoms with Crippen molar-refractivity contribution in [2.24, 2.45) is 0 Å². The monoisotopic (exact) mass is 388 g/mol. The molecule has 1 heterocycles. The zero-order valence-corrected chi connectivity index (χ0v) is 15.7. The highest BCUT2D eigenvalue weighted by molar-refractivity contribution is 5.77. The number of para-hydroxylation sites is 1. The van der Waals surface area contributed by atoms with Gasteiger partial charge in [0.1, 0.15) is 30.0 Å². The van der Waals surface area contributed by atoms with E-state index in [0.717, 1.165) is 5.75 Å². The first kappa shape index (κ1) is 20.1. The number of aliphatic hydroxyl groups is 1. The summed E-state index contributed by atoms with van der Waals surface area (Å²) in [6.07, 6.45) is -0.593. The molecular formula is C21H25FN2O4. The minimum Gasteiger partial charge on any atom is -0.491 e. The molecule has 0 aromatic heterocycles. The number of β-amino-alcohol motifs (C(OH)–C–C–N with tert-alkyl or cyclic N) is 1. The molecule has 0 bridgehead atoms. The molecule has 0 aliphatic carbocycles. The Morgan fingerprint density at radius 2 is 1.61 bits per heavy atom. The summed E-state index contributed by atoms with van der Waals surface area (Å²) >= 11 is 0. The van der Waals surface area contributed by atoms with E-state index in [1.165, 1.54) is 24.3 Å². The molecule has 1 saturated heterocycles. The van der Waals surface area contributed by atoms with Crippen molar-refractivity contribution in [3.63, 3.8) is 0 Å². The molecule has 2 aromatic carbocycles. The fourth-order valence-corrected chi connectivity index (χ4v) is 3.01. The van der Waals surface area contributed by atoms with Crippen LogP contribution < -0.4 is 9.47 Å². The quantitative estimate of drug-likeness (QED) is 0.747. The highest BCUT2D eigenvalue weighted by Crippen LogP contribution is 2.12. The Morgan fingerprint density at radius 3 is 2.29 bits per heavy atom. The average molecular weight is 388 g/mol. The number of carbonyl (C=O) groups is 1. The third-order valence-electron chi connectivity index (χ3n) is 4.56. The number of carbonyl (C=O) groups excluding carboxylic acids is 1. The van der Waals surface area contributed by atoms with Gasteiger partial charge in [-0.25, -0.2) is 4.39 Å². The molecule has 2 aromatic rings. The minimum atomic E-state index is -0.593. The van der Waals surface area contributed by atoms with Crippen LogP contribution in [0, 0.1) is 5.82 Å². The SMILES string of the molecule is O=C(COc1ccc(F)cc1)N1CCN(CC(O)COc2ccccc2)CC1. The number of aliphatic hydroxyl groups excluding tert-OH is 1. The van der Waals surface area contributed by atoms with Gasteiger partial charge in [0, 0.05) is 32.7 Å². The van der Waals surface area contributed by atoms with Gasteiger partial charge >= 0.3 is 0 Å². The molecule has 6 nitrogen and oxygen atoms in total. The summed E-state index contributed by atoms with van der Waals surface area (Å²) in [5.74, 6) is 0.760. The van der Waals surface area contributed by atoms with E-state index in [-0.39, 0.29) is 24.9 Å². The molecule has 1 fully saturated rings. The normalized spacial score (nSPS) is 15.9. The number of halogens is 1. The van der Waals surface area contributed by atoms with Gasteiger partial charge in [-0.3, -0.25) is 9.69 Å². The van der Waals surface area contributed by atoms with Crippen LogP contribution in [0.25, 0.3) is 0 Å². The van der Waals surface area contributed by atoms with Crippen molar-refractivity contribution in [3.05, 3.63) is 60.4 Å². The number of piperazine rings is 1. The number of amides is 1. The maximum atomic E-state index is 12.9. The first-order valence-corrected chi connectivity index (χ1v) is 9.34. The molecule has 150 valence electrons. The summed E-state index contributed by atoms with van der Waals surface area (Å²) in [7, 11) is 0. The van der Waals surface area contributed by atoms with Gasteiger partial charge in [0.25, 0.3) is 5.91 Å². The van der Waals surface area contributed by atoms with Crippen LogP contribution in [-0.2, 0) is 4.79 Å². The number of hydrogen-bond donors (Lipinski definition) is 1. The highest BCUT2D eigenvalue weighted by Gasteiger charge is 2.23.